The van der Waals surface area contributed by atoms with E-state index in [1.165, 1.54) is 12.1 Å². The molecule has 3 rings (SSSR count). The van der Waals surface area contributed by atoms with E-state index >= 15 is 0 Å². The van der Waals surface area contributed by atoms with Crippen LogP contribution in [0.2, 0.25) is 5.02 Å². The summed E-state index contributed by atoms with van der Waals surface area (Å²) < 4.78 is 24.4. The lowest BCUT2D eigenvalue weighted by Crippen LogP contribution is -2.27. The van der Waals surface area contributed by atoms with Crippen LogP contribution in [0.25, 0.3) is 6.08 Å². The van der Waals surface area contributed by atoms with Gasteiger partial charge in [0.2, 0.25) is 0 Å². The van der Waals surface area contributed by atoms with Crippen molar-refractivity contribution in [2.45, 2.75) is 20.4 Å². The Morgan fingerprint density at radius 1 is 1.07 bits per heavy atom. The van der Waals surface area contributed by atoms with E-state index in [2.05, 4.69) is 0 Å². The van der Waals surface area contributed by atoms with Crippen molar-refractivity contribution in [1.82, 2.24) is 4.90 Å². The molecule has 0 aromatic heterocycles. The zero-order valence-corrected chi connectivity index (χ0v) is 17.5. The average Bonchev–Trinajstić information content (AvgIpc) is 2.93. The van der Waals surface area contributed by atoms with Gasteiger partial charge in [0.05, 0.1) is 24.7 Å². The molecule has 152 valence electrons. The Kier molecular flexibility index (Phi) is 6.82. The largest absolute Gasteiger partial charge is 0.490 e. The van der Waals surface area contributed by atoms with Crippen molar-refractivity contribution in [1.29, 1.82) is 0 Å². The minimum Gasteiger partial charge on any atom is -0.490 e. The van der Waals surface area contributed by atoms with Gasteiger partial charge in [-0.15, -0.1) is 0 Å². The van der Waals surface area contributed by atoms with Crippen LogP contribution in [0.5, 0.6) is 11.5 Å². The molecule has 1 aliphatic heterocycles. The van der Waals surface area contributed by atoms with Crippen molar-refractivity contribution in [2.75, 3.05) is 13.2 Å². The highest BCUT2D eigenvalue weighted by Gasteiger charge is 2.35. The average molecular weight is 436 g/mol. The standard InChI is InChI=1S/C21H19ClFNO4S/c1-3-27-17-8-5-13(9-18(17)28-4-2)10-19-20(25)24(21(26)29-19)12-14-6-7-15(23)11-16(14)22/h5-11H,3-4,12H2,1-2H3/b19-10-. The van der Waals surface area contributed by atoms with Gasteiger partial charge in [0.15, 0.2) is 11.5 Å². The molecule has 29 heavy (non-hydrogen) atoms. The zero-order chi connectivity index (χ0) is 21.0. The fourth-order valence-corrected chi connectivity index (χ4v) is 3.83. The molecule has 1 heterocycles. The maximum Gasteiger partial charge on any atom is 0.293 e. The van der Waals surface area contributed by atoms with E-state index < -0.39 is 17.0 Å². The van der Waals surface area contributed by atoms with E-state index in [9.17, 15) is 14.0 Å². The number of hydrogen-bond acceptors (Lipinski definition) is 5. The molecule has 0 N–H and O–H groups in total. The van der Waals surface area contributed by atoms with Crippen LogP contribution in [0.4, 0.5) is 9.18 Å². The SMILES string of the molecule is CCOc1ccc(/C=C2\SC(=O)N(Cc3ccc(F)cc3Cl)C2=O)cc1OCC. The minimum absolute atomic E-state index is 0.0193. The molecular weight excluding hydrogens is 417 g/mol. The first-order valence-corrected chi connectivity index (χ1v) is 10.2. The van der Waals surface area contributed by atoms with Crippen molar-refractivity contribution >= 4 is 40.6 Å². The minimum atomic E-state index is -0.478. The predicted octanol–water partition coefficient (Wildman–Crippen LogP) is 5.51. The first-order valence-electron chi connectivity index (χ1n) is 9.01. The van der Waals surface area contributed by atoms with Gasteiger partial charge >= 0.3 is 0 Å². The quantitative estimate of drug-likeness (QED) is 0.536. The molecule has 5 nitrogen and oxygen atoms in total. The summed E-state index contributed by atoms with van der Waals surface area (Å²) in [5.74, 6) is 0.284. The second kappa shape index (κ2) is 9.33. The number of ether oxygens (including phenoxy) is 2. The summed E-state index contributed by atoms with van der Waals surface area (Å²) in [5.41, 5.74) is 1.21. The normalized spacial score (nSPS) is 15.3. The number of amides is 2. The molecular formula is C21H19ClFNO4S. The number of thioether (sulfide) groups is 1. The lowest BCUT2D eigenvalue weighted by Gasteiger charge is -2.13. The molecule has 0 aliphatic carbocycles. The second-order valence-electron chi connectivity index (χ2n) is 6.08. The van der Waals surface area contributed by atoms with Gasteiger partial charge in [0.1, 0.15) is 5.82 Å². The van der Waals surface area contributed by atoms with Crippen molar-refractivity contribution in [3.05, 3.63) is 63.3 Å². The predicted molar refractivity (Wildman–Crippen MR) is 112 cm³/mol. The number of rotatable bonds is 7. The van der Waals surface area contributed by atoms with E-state index in [0.717, 1.165) is 22.7 Å². The van der Waals surface area contributed by atoms with Gasteiger partial charge in [-0.1, -0.05) is 23.7 Å². The van der Waals surface area contributed by atoms with Crippen LogP contribution in [0.3, 0.4) is 0 Å². The first kappa shape index (κ1) is 21.2. The topological polar surface area (TPSA) is 55.8 Å². The number of halogens is 2. The number of hydrogen-bond donors (Lipinski definition) is 0. The maximum atomic E-state index is 13.2. The third-order valence-electron chi connectivity index (χ3n) is 4.08. The molecule has 0 unspecified atom stereocenters. The van der Waals surface area contributed by atoms with Gasteiger partial charge in [-0.2, -0.15) is 0 Å². The van der Waals surface area contributed by atoms with Gasteiger partial charge in [0.25, 0.3) is 11.1 Å². The van der Waals surface area contributed by atoms with Crippen molar-refractivity contribution in [3.8, 4) is 11.5 Å². The van der Waals surface area contributed by atoms with Gasteiger partial charge in [-0.05, 0) is 67.1 Å². The van der Waals surface area contributed by atoms with Crippen molar-refractivity contribution in [2.24, 2.45) is 0 Å². The fourth-order valence-electron chi connectivity index (χ4n) is 2.77. The van der Waals surface area contributed by atoms with Crippen LogP contribution in [0.1, 0.15) is 25.0 Å². The molecule has 0 spiro atoms. The molecule has 1 fully saturated rings. The lowest BCUT2D eigenvalue weighted by atomic mass is 10.1. The summed E-state index contributed by atoms with van der Waals surface area (Å²) in [5, 5.41) is -0.237. The molecule has 1 aliphatic rings. The number of imide groups is 1. The molecule has 0 saturated carbocycles. The first-order chi connectivity index (χ1) is 13.9. The Balaban J connectivity index is 1.83. The van der Waals surface area contributed by atoms with Gasteiger partial charge in [0, 0.05) is 5.02 Å². The Morgan fingerprint density at radius 2 is 1.79 bits per heavy atom. The third kappa shape index (κ3) is 4.92. The highest BCUT2D eigenvalue weighted by Crippen LogP contribution is 2.36. The van der Waals surface area contributed by atoms with E-state index in [4.69, 9.17) is 21.1 Å². The second-order valence-corrected chi connectivity index (χ2v) is 7.48. The van der Waals surface area contributed by atoms with Crippen LogP contribution in [0.15, 0.2) is 41.3 Å². The van der Waals surface area contributed by atoms with Crippen LogP contribution in [-0.4, -0.2) is 29.3 Å². The smallest absolute Gasteiger partial charge is 0.293 e. The van der Waals surface area contributed by atoms with E-state index in [0.29, 0.717) is 40.7 Å². The Bertz CT molecular complexity index is 979. The van der Waals surface area contributed by atoms with E-state index in [-0.39, 0.29) is 11.6 Å². The van der Waals surface area contributed by atoms with Crippen molar-refractivity contribution in [3.63, 3.8) is 0 Å². The molecule has 2 aromatic rings. The van der Waals surface area contributed by atoms with Gasteiger partial charge in [-0.25, -0.2) is 4.39 Å². The van der Waals surface area contributed by atoms with Crippen LogP contribution in [0, 0.1) is 5.82 Å². The number of carbonyl (C=O) groups excluding carboxylic acids is 2. The van der Waals surface area contributed by atoms with E-state index in [1.54, 1.807) is 24.3 Å². The summed E-state index contributed by atoms with van der Waals surface area (Å²) in [7, 11) is 0. The fraction of sp³-hybridized carbons (Fsp3) is 0.238. The van der Waals surface area contributed by atoms with Crippen LogP contribution < -0.4 is 9.47 Å². The van der Waals surface area contributed by atoms with Gasteiger partial charge in [-0.3, -0.25) is 14.5 Å². The maximum absolute atomic E-state index is 13.2. The number of benzene rings is 2. The molecule has 2 amide bonds. The molecule has 0 bridgehead atoms. The summed E-state index contributed by atoms with van der Waals surface area (Å²) in [6.45, 7) is 4.71. The summed E-state index contributed by atoms with van der Waals surface area (Å²) in [4.78, 5) is 26.5. The molecule has 0 atom stereocenters. The van der Waals surface area contributed by atoms with Crippen molar-refractivity contribution < 1.29 is 23.5 Å². The van der Waals surface area contributed by atoms with Gasteiger partial charge < -0.3 is 9.47 Å². The number of carbonyl (C=O) groups is 2. The third-order valence-corrected chi connectivity index (χ3v) is 5.34. The van der Waals surface area contributed by atoms with Crippen LogP contribution in [-0.2, 0) is 11.3 Å². The summed E-state index contributed by atoms with van der Waals surface area (Å²) in [6.07, 6.45) is 1.63. The molecule has 0 radical (unpaired) electrons. The monoisotopic (exact) mass is 435 g/mol. The molecule has 8 heteroatoms. The molecule has 1 saturated heterocycles. The lowest BCUT2D eigenvalue weighted by molar-refractivity contribution is -0.123. The summed E-state index contributed by atoms with van der Waals surface area (Å²) in [6, 6.07) is 9.18. The highest BCUT2D eigenvalue weighted by atomic mass is 35.5. The zero-order valence-electron chi connectivity index (χ0n) is 15.9. The summed E-state index contributed by atoms with van der Waals surface area (Å²) >= 11 is 6.87. The Hall–Kier alpha value is -2.51. The number of nitrogens with zero attached hydrogens (tertiary/aromatic N) is 1. The highest BCUT2D eigenvalue weighted by molar-refractivity contribution is 8.18. The molecule has 2 aromatic carbocycles. The van der Waals surface area contributed by atoms with Crippen LogP contribution >= 0.6 is 23.4 Å². The Morgan fingerprint density at radius 3 is 2.48 bits per heavy atom. The Labute approximate surface area is 177 Å². The van der Waals surface area contributed by atoms with E-state index in [1.807, 2.05) is 13.8 Å².